The zero-order valence-corrected chi connectivity index (χ0v) is 12.8. The van der Waals surface area contributed by atoms with Crippen molar-refractivity contribution >= 4 is 23.3 Å². The fraction of sp³-hybridized carbons (Fsp3) is 0.429. The largest absolute Gasteiger partial charge is 0.463 e. The van der Waals surface area contributed by atoms with E-state index in [1.807, 2.05) is 19.1 Å². The Hall–Kier alpha value is -1.82. The molecule has 0 fully saturated rings. The Kier molecular flexibility index (Phi) is 4.13. The molecule has 6 heteroatoms. The van der Waals surface area contributed by atoms with E-state index in [0.29, 0.717) is 17.9 Å². The number of urea groups is 1. The number of thiophene rings is 1. The molecule has 1 aromatic rings. The van der Waals surface area contributed by atoms with Crippen LogP contribution in [0.2, 0.25) is 0 Å². The first-order valence-electron chi connectivity index (χ1n) is 6.44. The summed E-state index contributed by atoms with van der Waals surface area (Å²) in [5.74, 6) is -0.382. The van der Waals surface area contributed by atoms with E-state index in [1.165, 1.54) is 4.90 Å². The molecule has 0 aliphatic carbocycles. The molecule has 2 amide bonds. The third-order valence-electron chi connectivity index (χ3n) is 3.30. The van der Waals surface area contributed by atoms with Crippen LogP contribution < -0.4 is 5.32 Å². The highest BCUT2D eigenvalue weighted by Gasteiger charge is 2.35. The number of carbonyl (C=O) groups excluding carboxylic acids is 2. The standard InChI is InChI=1S/C14H18N2O3S/c1-5-19-13(17)11-9(3)16(4)14(18)15-12(11)10-7-6-8(2)20-10/h6-7,12H,5H2,1-4H3,(H,15,18)/t12-/m0/s1. The minimum absolute atomic E-state index is 0.216. The first-order valence-corrected chi connectivity index (χ1v) is 7.25. The number of aryl methyl sites for hydroxylation is 1. The minimum Gasteiger partial charge on any atom is -0.463 e. The van der Waals surface area contributed by atoms with Crippen molar-refractivity contribution in [3.05, 3.63) is 33.2 Å². The predicted molar refractivity (Wildman–Crippen MR) is 77.4 cm³/mol. The van der Waals surface area contributed by atoms with Crippen LogP contribution in [0.5, 0.6) is 0 Å². The average molecular weight is 294 g/mol. The zero-order valence-electron chi connectivity index (χ0n) is 12.0. The van der Waals surface area contributed by atoms with Crippen LogP contribution in [0.25, 0.3) is 0 Å². The van der Waals surface area contributed by atoms with E-state index in [2.05, 4.69) is 5.32 Å². The summed E-state index contributed by atoms with van der Waals surface area (Å²) in [5, 5.41) is 2.85. The molecule has 1 aromatic heterocycles. The Morgan fingerprint density at radius 3 is 2.70 bits per heavy atom. The third kappa shape index (κ3) is 2.56. The van der Waals surface area contributed by atoms with Crippen LogP contribution in [0, 0.1) is 6.92 Å². The molecule has 0 radical (unpaired) electrons. The molecule has 0 bridgehead atoms. The number of ether oxygens (including phenoxy) is 1. The van der Waals surface area contributed by atoms with Crippen LogP contribution in [0.3, 0.4) is 0 Å². The zero-order chi connectivity index (χ0) is 14.9. The summed E-state index contributed by atoms with van der Waals surface area (Å²) in [4.78, 5) is 27.7. The van der Waals surface area contributed by atoms with Gasteiger partial charge in [0.1, 0.15) is 0 Å². The van der Waals surface area contributed by atoms with Gasteiger partial charge in [0.05, 0.1) is 18.2 Å². The highest BCUT2D eigenvalue weighted by Crippen LogP contribution is 2.34. The van der Waals surface area contributed by atoms with Crippen LogP contribution in [0.15, 0.2) is 23.4 Å². The van der Waals surface area contributed by atoms with E-state index in [4.69, 9.17) is 4.74 Å². The molecule has 5 nitrogen and oxygen atoms in total. The Labute approximate surface area is 122 Å². The van der Waals surface area contributed by atoms with E-state index >= 15 is 0 Å². The summed E-state index contributed by atoms with van der Waals surface area (Å²) in [7, 11) is 1.64. The fourth-order valence-electron chi connectivity index (χ4n) is 2.13. The smallest absolute Gasteiger partial charge is 0.338 e. The molecule has 1 aliphatic heterocycles. The number of nitrogens with one attached hydrogen (secondary N) is 1. The quantitative estimate of drug-likeness (QED) is 0.872. The maximum absolute atomic E-state index is 12.2. The van der Waals surface area contributed by atoms with Crippen molar-refractivity contribution in [3.63, 3.8) is 0 Å². The van der Waals surface area contributed by atoms with E-state index in [-0.39, 0.29) is 12.0 Å². The molecule has 0 unspecified atom stereocenters. The Balaban J connectivity index is 2.47. The van der Waals surface area contributed by atoms with Gasteiger partial charge in [-0.1, -0.05) is 0 Å². The molecule has 20 heavy (non-hydrogen) atoms. The number of hydrogen-bond donors (Lipinski definition) is 1. The van der Waals surface area contributed by atoms with Gasteiger partial charge in [0.15, 0.2) is 0 Å². The number of amides is 2. The maximum atomic E-state index is 12.2. The lowest BCUT2D eigenvalue weighted by Gasteiger charge is -2.32. The Bertz CT molecular complexity index is 577. The number of allylic oxidation sites excluding steroid dienone is 1. The lowest BCUT2D eigenvalue weighted by atomic mass is 10.0. The molecule has 0 spiro atoms. The van der Waals surface area contributed by atoms with Crippen LogP contribution in [0.1, 0.15) is 29.6 Å². The van der Waals surface area contributed by atoms with Crippen molar-refractivity contribution in [2.75, 3.05) is 13.7 Å². The predicted octanol–water partition coefficient (Wildman–Crippen LogP) is 2.59. The van der Waals surface area contributed by atoms with E-state index in [9.17, 15) is 9.59 Å². The lowest BCUT2D eigenvalue weighted by molar-refractivity contribution is -0.139. The summed E-state index contributed by atoms with van der Waals surface area (Å²) < 4.78 is 5.12. The molecule has 2 rings (SSSR count). The Morgan fingerprint density at radius 2 is 2.15 bits per heavy atom. The summed E-state index contributed by atoms with van der Waals surface area (Å²) in [5.41, 5.74) is 1.12. The molecular formula is C14H18N2O3S. The van der Waals surface area contributed by atoms with Gasteiger partial charge in [-0.05, 0) is 32.9 Å². The molecule has 1 N–H and O–H groups in total. The van der Waals surface area contributed by atoms with Crippen molar-refractivity contribution in [3.8, 4) is 0 Å². The van der Waals surface area contributed by atoms with Gasteiger partial charge in [0, 0.05) is 22.5 Å². The second-order valence-electron chi connectivity index (χ2n) is 4.61. The van der Waals surface area contributed by atoms with Crippen molar-refractivity contribution in [2.45, 2.75) is 26.8 Å². The van der Waals surface area contributed by atoms with Crippen molar-refractivity contribution in [1.29, 1.82) is 0 Å². The molecular weight excluding hydrogens is 276 g/mol. The van der Waals surface area contributed by atoms with E-state index < -0.39 is 6.04 Å². The summed E-state index contributed by atoms with van der Waals surface area (Å²) >= 11 is 1.56. The number of esters is 1. The number of carbonyl (C=O) groups is 2. The van der Waals surface area contributed by atoms with Gasteiger partial charge < -0.3 is 15.0 Å². The molecule has 0 aromatic carbocycles. The topological polar surface area (TPSA) is 58.6 Å². The highest BCUT2D eigenvalue weighted by atomic mass is 32.1. The average Bonchev–Trinajstić information content (AvgIpc) is 2.82. The second kappa shape index (κ2) is 5.66. The molecule has 2 heterocycles. The van der Waals surface area contributed by atoms with Gasteiger partial charge in [-0.2, -0.15) is 0 Å². The van der Waals surface area contributed by atoms with Gasteiger partial charge in [-0.3, -0.25) is 0 Å². The SMILES string of the molecule is CCOC(=O)C1=C(C)N(C)C(=O)N[C@H]1c1ccc(C)s1. The molecule has 1 atom stereocenters. The number of nitrogens with zero attached hydrogens (tertiary/aromatic N) is 1. The first kappa shape index (κ1) is 14.6. The van der Waals surface area contributed by atoms with Crippen LogP contribution >= 0.6 is 11.3 Å². The molecule has 108 valence electrons. The summed E-state index contributed by atoms with van der Waals surface area (Å²) in [6.45, 7) is 5.83. The van der Waals surface area contributed by atoms with Gasteiger partial charge in [-0.25, -0.2) is 9.59 Å². The summed E-state index contributed by atoms with van der Waals surface area (Å²) in [6.07, 6.45) is 0. The van der Waals surface area contributed by atoms with Crippen LogP contribution in [0.4, 0.5) is 4.79 Å². The van der Waals surface area contributed by atoms with Crippen LogP contribution in [-0.4, -0.2) is 30.6 Å². The maximum Gasteiger partial charge on any atom is 0.338 e. The van der Waals surface area contributed by atoms with Gasteiger partial charge in [0.25, 0.3) is 0 Å². The summed E-state index contributed by atoms with van der Waals surface area (Å²) in [6, 6.07) is 3.26. The van der Waals surface area contributed by atoms with E-state index in [0.717, 1.165) is 9.75 Å². The second-order valence-corrected chi connectivity index (χ2v) is 5.93. The molecule has 0 saturated heterocycles. The fourth-order valence-corrected chi connectivity index (χ4v) is 3.07. The van der Waals surface area contributed by atoms with Crippen molar-refractivity contribution in [1.82, 2.24) is 10.2 Å². The van der Waals surface area contributed by atoms with Gasteiger partial charge in [0.2, 0.25) is 0 Å². The minimum atomic E-state index is -0.434. The third-order valence-corrected chi connectivity index (χ3v) is 4.36. The van der Waals surface area contributed by atoms with E-state index in [1.54, 1.807) is 32.2 Å². The highest BCUT2D eigenvalue weighted by molar-refractivity contribution is 7.12. The molecule has 0 saturated carbocycles. The van der Waals surface area contributed by atoms with Crippen molar-refractivity contribution < 1.29 is 14.3 Å². The normalized spacial score (nSPS) is 19.1. The monoisotopic (exact) mass is 294 g/mol. The van der Waals surface area contributed by atoms with Crippen LogP contribution in [-0.2, 0) is 9.53 Å². The number of hydrogen-bond acceptors (Lipinski definition) is 4. The first-order chi connectivity index (χ1) is 9.45. The molecule has 1 aliphatic rings. The Morgan fingerprint density at radius 1 is 1.45 bits per heavy atom. The van der Waals surface area contributed by atoms with Crippen molar-refractivity contribution in [2.24, 2.45) is 0 Å². The lowest BCUT2D eigenvalue weighted by Crippen LogP contribution is -2.46. The van der Waals surface area contributed by atoms with Gasteiger partial charge >= 0.3 is 12.0 Å². The number of rotatable bonds is 3. The van der Waals surface area contributed by atoms with Gasteiger partial charge in [-0.15, -0.1) is 11.3 Å².